The molecule has 2 heterocycles. The van der Waals surface area contributed by atoms with E-state index in [2.05, 4.69) is 60.7 Å². The van der Waals surface area contributed by atoms with Crippen LogP contribution in [0.3, 0.4) is 0 Å². The van der Waals surface area contributed by atoms with Gasteiger partial charge in [0.2, 0.25) is 5.91 Å². The molecule has 3 nitrogen and oxygen atoms in total. The molecule has 1 amide bonds. The summed E-state index contributed by atoms with van der Waals surface area (Å²) in [5.74, 6) is 0.249. The van der Waals surface area contributed by atoms with Crippen LogP contribution in [0.25, 0.3) is 0 Å². The van der Waals surface area contributed by atoms with Gasteiger partial charge in [-0.3, -0.25) is 4.79 Å². The van der Waals surface area contributed by atoms with E-state index >= 15 is 0 Å². The quantitative estimate of drug-likeness (QED) is 0.827. The Kier molecular flexibility index (Phi) is 4.82. The molecule has 136 valence electrons. The molecule has 2 saturated heterocycles. The molecule has 0 saturated carbocycles. The SMILES string of the molecule is CC1CC(=O)N2CCCC(Cc3ccccc3)(Cc3ccccc3)C2O1. The Morgan fingerprint density at radius 3 is 2.15 bits per heavy atom. The minimum Gasteiger partial charge on any atom is -0.354 e. The summed E-state index contributed by atoms with van der Waals surface area (Å²) >= 11 is 0. The Morgan fingerprint density at radius 2 is 1.58 bits per heavy atom. The maximum absolute atomic E-state index is 12.7. The molecule has 2 unspecified atom stereocenters. The first kappa shape index (κ1) is 17.3. The summed E-state index contributed by atoms with van der Waals surface area (Å²) < 4.78 is 6.43. The van der Waals surface area contributed by atoms with Crippen LogP contribution in [-0.4, -0.2) is 29.7 Å². The predicted octanol–water partition coefficient (Wildman–Crippen LogP) is 4.22. The second kappa shape index (κ2) is 7.24. The Bertz CT molecular complexity index is 702. The molecule has 2 aliphatic heterocycles. The van der Waals surface area contributed by atoms with E-state index in [0.29, 0.717) is 6.42 Å². The minimum atomic E-state index is -0.132. The molecule has 0 spiro atoms. The van der Waals surface area contributed by atoms with Gasteiger partial charge >= 0.3 is 0 Å². The summed E-state index contributed by atoms with van der Waals surface area (Å²) in [5.41, 5.74) is 2.56. The van der Waals surface area contributed by atoms with Crippen LogP contribution in [0.2, 0.25) is 0 Å². The van der Waals surface area contributed by atoms with Gasteiger partial charge in [0.25, 0.3) is 0 Å². The number of rotatable bonds is 4. The van der Waals surface area contributed by atoms with Crippen molar-refractivity contribution in [3.8, 4) is 0 Å². The molecule has 3 heteroatoms. The lowest BCUT2D eigenvalue weighted by Gasteiger charge is -2.53. The molecule has 0 N–H and O–H groups in total. The molecule has 2 aliphatic rings. The largest absolute Gasteiger partial charge is 0.354 e. The van der Waals surface area contributed by atoms with Crippen LogP contribution in [0.4, 0.5) is 0 Å². The highest BCUT2D eigenvalue weighted by atomic mass is 16.5. The summed E-state index contributed by atoms with van der Waals surface area (Å²) in [7, 11) is 0. The number of carbonyl (C=O) groups is 1. The highest BCUT2D eigenvalue weighted by Crippen LogP contribution is 2.44. The van der Waals surface area contributed by atoms with Crippen molar-refractivity contribution in [3.63, 3.8) is 0 Å². The average Bonchev–Trinajstić information content (AvgIpc) is 2.64. The fourth-order valence-electron chi connectivity index (χ4n) is 4.70. The van der Waals surface area contributed by atoms with Gasteiger partial charge in [0.1, 0.15) is 6.23 Å². The van der Waals surface area contributed by atoms with Crippen molar-refractivity contribution in [1.29, 1.82) is 0 Å². The van der Waals surface area contributed by atoms with Crippen LogP contribution in [0, 0.1) is 5.41 Å². The summed E-state index contributed by atoms with van der Waals surface area (Å²) in [6.45, 7) is 2.85. The Labute approximate surface area is 156 Å². The van der Waals surface area contributed by atoms with Crippen LogP contribution in [0.5, 0.6) is 0 Å². The van der Waals surface area contributed by atoms with Crippen molar-refractivity contribution < 1.29 is 9.53 Å². The number of fused-ring (bicyclic) bond motifs is 1. The molecule has 2 fully saturated rings. The number of carbonyl (C=O) groups excluding carboxylic acids is 1. The van der Waals surface area contributed by atoms with Crippen LogP contribution in [0.15, 0.2) is 60.7 Å². The average molecular weight is 349 g/mol. The molecule has 2 aromatic rings. The smallest absolute Gasteiger partial charge is 0.227 e. The summed E-state index contributed by atoms with van der Waals surface area (Å²) in [5, 5.41) is 0. The lowest BCUT2D eigenvalue weighted by atomic mass is 9.69. The monoisotopic (exact) mass is 349 g/mol. The van der Waals surface area contributed by atoms with E-state index in [-0.39, 0.29) is 23.7 Å². The minimum absolute atomic E-state index is 0.00669. The first-order valence-corrected chi connectivity index (χ1v) is 9.69. The van der Waals surface area contributed by atoms with Gasteiger partial charge in [-0.05, 0) is 43.7 Å². The summed E-state index contributed by atoms with van der Waals surface area (Å²) in [4.78, 5) is 14.7. The van der Waals surface area contributed by atoms with Gasteiger partial charge in [-0.2, -0.15) is 0 Å². The molecule has 2 aromatic carbocycles. The molecular formula is C23H27NO2. The highest BCUT2D eigenvalue weighted by molar-refractivity contribution is 5.77. The molecule has 26 heavy (non-hydrogen) atoms. The van der Waals surface area contributed by atoms with E-state index in [4.69, 9.17) is 4.74 Å². The fraction of sp³-hybridized carbons (Fsp3) is 0.435. The normalized spacial score (nSPS) is 25.0. The van der Waals surface area contributed by atoms with Gasteiger partial charge in [0.15, 0.2) is 0 Å². The van der Waals surface area contributed by atoms with Crippen molar-refractivity contribution in [2.45, 2.75) is 51.4 Å². The predicted molar refractivity (Wildman–Crippen MR) is 103 cm³/mol. The zero-order valence-corrected chi connectivity index (χ0v) is 15.4. The molecule has 0 bridgehead atoms. The van der Waals surface area contributed by atoms with Crippen molar-refractivity contribution in [2.75, 3.05) is 6.54 Å². The van der Waals surface area contributed by atoms with Crippen molar-refractivity contribution in [3.05, 3.63) is 71.8 Å². The van der Waals surface area contributed by atoms with Crippen LogP contribution in [0.1, 0.15) is 37.3 Å². The van der Waals surface area contributed by atoms with E-state index in [1.165, 1.54) is 11.1 Å². The lowest BCUT2D eigenvalue weighted by molar-refractivity contribution is -0.212. The first-order chi connectivity index (χ1) is 12.7. The number of ether oxygens (including phenoxy) is 1. The lowest BCUT2D eigenvalue weighted by Crippen LogP contribution is -2.61. The number of amides is 1. The van der Waals surface area contributed by atoms with Crippen LogP contribution < -0.4 is 0 Å². The van der Waals surface area contributed by atoms with Gasteiger partial charge in [-0.25, -0.2) is 0 Å². The van der Waals surface area contributed by atoms with Gasteiger partial charge in [0, 0.05) is 12.0 Å². The third-order valence-corrected chi connectivity index (χ3v) is 5.82. The van der Waals surface area contributed by atoms with Crippen LogP contribution >= 0.6 is 0 Å². The van der Waals surface area contributed by atoms with E-state index in [9.17, 15) is 4.79 Å². The van der Waals surface area contributed by atoms with Crippen molar-refractivity contribution in [2.24, 2.45) is 5.41 Å². The maximum atomic E-state index is 12.7. The molecule has 4 rings (SSSR count). The Balaban J connectivity index is 1.72. The topological polar surface area (TPSA) is 29.5 Å². The van der Waals surface area contributed by atoms with Crippen LogP contribution in [-0.2, 0) is 22.4 Å². The summed E-state index contributed by atoms with van der Waals surface area (Å²) in [6, 6.07) is 21.3. The molecule has 0 aromatic heterocycles. The number of piperidine rings is 1. The Hall–Kier alpha value is -2.13. The van der Waals surface area contributed by atoms with E-state index < -0.39 is 0 Å². The zero-order chi connectivity index (χ0) is 18.0. The number of hydrogen-bond donors (Lipinski definition) is 0. The maximum Gasteiger partial charge on any atom is 0.227 e. The number of benzene rings is 2. The van der Waals surface area contributed by atoms with Crippen molar-refractivity contribution in [1.82, 2.24) is 4.90 Å². The van der Waals surface area contributed by atoms with E-state index in [0.717, 1.165) is 32.2 Å². The van der Waals surface area contributed by atoms with E-state index in [1.54, 1.807) is 0 Å². The van der Waals surface area contributed by atoms with Gasteiger partial charge in [-0.1, -0.05) is 60.7 Å². The fourth-order valence-corrected chi connectivity index (χ4v) is 4.70. The second-order valence-corrected chi connectivity index (χ2v) is 7.88. The van der Waals surface area contributed by atoms with Crippen molar-refractivity contribution >= 4 is 5.91 Å². The molecular weight excluding hydrogens is 322 g/mol. The number of nitrogens with zero attached hydrogens (tertiary/aromatic N) is 1. The number of hydrogen-bond acceptors (Lipinski definition) is 2. The summed E-state index contributed by atoms with van der Waals surface area (Å²) in [6.07, 6.45) is 4.36. The zero-order valence-electron chi connectivity index (χ0n) is 15.4. The third kappa shape index (κ3) is 3.41. The third-order valence-electron chi connectivity index (χ3n) is 5.82. The standard InChI is InChI=1S/C23H27NO2/c1-18-15-21(25)24-14-8-13-23(22(24)26-18,16-19-9-4-2-5-10-19)17-20-11-6-3-7-12-20/h2-7,9-12,18,22H,8,13-17H2,1H3. The highest BCUT2D eigenvalue weighted by Gasteiger charge is 2.49. The van der Waals surface area contributed by atoms with Gasteiger partial charge < -0.3 is 9.64 Å². The second-order valence-electron chi connectivity index (χ2n) is 7.88. The van der Waals surface area contributed by atoms with E-state index in [1.807, 2.05) is 11.8 Å². The van der Waals surface area contributed by atoms with Gasteiger partial charge in [0.05, 0.1) is 12.5 Å². The Morgan fingerprint density at radius 1 is 1.00 bits per heavy atom. The molecule has 0 radical (unpaired) electrons. The molecule has 0 aliphatic carbocycles. The first-order valence-electron chi connectivity index (χ1n) is 9.69. The van der Waals surface area contributed by atoms with Gasteiger partial charge in [-0.15, -0.1) is 0 Å². The molecule has 2 atom stereocenters.